The number of carbonyl (C=O) groups is 1. The van der Waals surface area contributed by atoms with Crippen molar-refractivity contribution >= 4 is 34.2 Å². The summed E-state index contributed by atoms with van der Waals surface area (Å²) in [5.74, 6) is 0.611. The Bertz CT molecular complexity index is 690. The van der Waals surface area contributed by atoms with Gasteiger partial charge in [0, 0.05) is 23.6 Å². The lowest BCUT2D eigenvalue weighted by molar-refractivity contribution is -0.136. The summed E-state index contributed by atoms with van der Waals surface area (Å²) in [6.07, 6.45) is 0. The number of nitrogens with two attached hydrogens (primary N) is 1. The van der Waals surface area contributed by atoms with Crippen LogP contribution in [0.5, 0.6) is 5.75 Å². The molecule has 2 N–H and O–H groups in total. The van der Waals surface area contributed by atoms with E-state index in [1.165, 1.54) is 0 Å². The van der Waals surface area contributed by atoms with Crippen LogP contribution in [0.25, 0.3) is 0 Å². The second-order valence-electron chi connectivity index (χ2n) is 5.68. The molecule has 2 aromatic rings. The first-order chi connectivity index (χ1) is 10.9. The first-order valence-electron chi connectivity index (χ1n) is 7.28. The van der Waals surface area contributed by atoms with Gasteiger partial charge in [0.1, 0.15) is 11.3 Å². The summed E-state index contributed by atoms with van der Waals surface area (Å²) in [7, 11) is 3.37. The summed E-state index contributed by atoms with van der Waals surface area (Å²) in [6, 6.07) is 15.1. The van der Waals surface area contributed by atoms with E-state index in [1.807, 2.05) is 48.5 Å². The van der Waals surface area contributed by atoms with Gasteiger partial charge in [-0.15, -0.1) is 12.4 Å². The molecule has 0 saturated heterocycles. The highest BCUT2D eigenvalue weighted by Gasteiger charge is 2.33. The van der Waals surface area contributed by atoms with Gasteiger partial charge in [-0.1, -0.05) is 46.3 Å². The maximum atomic E-state index is 12.8. The Balaban J connectivity index is 0.00000288. The molecular weight excluding hydrogens is 392 g/mol. The van der Waals surface area contributed by atoms with E-state index in [9.17, 15) is 4.79 Å². The van der Waals surface area contributed by atoms with Crippen molar-refractivity contribution in [1.29, 1.82) is 0 Å². The molecule has 2 rings (SSSR count). The number of halogens is 2. The minimum Gasteiger partial charge on any atom is -0.496 e. The van der Waals surface area contributed by atoms with E-state index in [2.05, 4.69) is 15.9 Å². The van der Waals surface area contributed by atoms with Gasteiger partial charge in [0.25, 0.3) is 0 Å². The maximum absolute atomic E-state index is 12.8. The predicted octanol–water partition coefficient (Wildman–Crippen LogP) is 3.71. The molecule has 4 nitrogen and oxygen atoms in total. The molecule has 0 saturated carbocycles. The molecule has 130 valence electrons. The second kappa shape index (κ2) is 8.51. The highest BCUT2D eigenvalue weighted by atomic mass is 79.9. The van der Waals surface area contributed by atoms with Gasteiger partial charge in [-0.2, -0.15) is 0 Å². The van der Waals surface area contributed by atoms with Crippen molar-refractivity contribution in [3.8, 4) is 5.75 Å². The summed E-state index contributed by atoms with van der Waals surface area (Å²) in [6.45, 7) is 2.17. The lowest BCUT2D eigenvalue weighted by atomic mass is 9.91. The zero-order chi connectivity index (χ0) is 17.0. The van der Waals surface area contributed by atoms with Crippen LogP contribution in [0.2, 0.25) is 0 Å². The summed E-state index contributed by atoms with van der Waals surface area (Å²) >= 11 is 3.39. The molecule has 0 aliphatic rings. The molecule has 0 aromatic heterocycles. The number of hydrogen-bond donors (Lipinski definition) is 1. The van der Waals surface area contributed by atoms with Crippen LogP contribution in [0.15, 0.2) is 53.0 Å². The van der Waals surface area contributed by atoms with Crippen molar-refractivity contribution < 1.29 is 9.53 Å². The standard InChI is InChI=1S/C18H21BrN2O2.ClH/c1-18(20,14-8-10-15(19)11-9-14)17(22)21(2)12-13-6-4-5-7-16(13)23-3;/h4-11H,12,20H2,1-3H3;1H. The lowest BCUT2D eigenvalue weighted by Crippen LogP contribution is -2.49. The van der Waals surface area contributed by atoms with E-state index in [-0.39, 0.29) is 18.3 Å². The van der Waals surface area contributed by atoms with Crippen molar-refractivity contribution in [3.05, 3.63) is 64.1 Å². The number of hydrogen-bond acceptors (Lipinski definition) is 3. The topological polar surface area (TPSA) is 55.6 Å². The van der Waals surface area contributed by atoms with Gasteiger partial charge in [0.2, 0.25) is 5.91 Å². The highest BCUT2D eigenvalue weighted by Crippen LogP contribution is 2.24. The molecule has 0 spiro atoms. The first-order valence-corrected chi connectivity index (χ1v) is 8.08. The molecule has 1 atom stereocenters. The summed E-state index contributed by atoms with van der Waals surface area (Å²) in [5.41, 5.74) is 6.95. The molecular formula is C18H22BrClN2O2. The minimum absolute atomic E-state index is 0. The largest absolute Gasteiger partial charge is 0.496 e. The van der Waals surface area contributed by atoms with Gasteiger partial charge in [0.15, 0.2) is 0 Å². The fourth-order valence-corrected chi connectivity index (χ4v) is 2.74. The van der Waals surface area contributed by atoms with Crippen molar-refractivity contribution in [2.75, 3.05) is 14.2 Å². The van der Waals surface area contributed by atoms with Crippen molar-refractivity contribution in [3.63, 3.8) is 0 Å². The van der Waals surface area contributed by atoms with Crippen molar-refractivity contribution in [2.24, 2.45) is 5.73 Å². The molecule has 1 unspecified atom stereocenters. The Hall–Kier alpha value is -1.56. The molecule has 0 aliphatic heterocycles. The Morgan fingerprint density at radius 2 is 1.79 bits per heavy atom. The van der Waals surface area contributed by atoms with Crippen LogP contribution in [-0.4, -0.2) is 25.0 Å². The van der Waals surface area contributed by atoms with Gasteiger partial charge in [-0.05, 0) is 30.7 Å². The molecule has 6 heteroatoms. The van der Waals surface area contributed by atoms with Crippen LogP contribution in [-0.2, 0) is 16.9 Å². The normalized spacial score (nSPS) is 12.7. The Kier molecular flexibility index (Phi) is 7.27. The second-order valence-corrected chi connectivity index (χ2v) is 6.60. The number of rotatable bonds is 5. The van der Waals surface area contributed by atoms with Gasteiger partial charge < -0.3 is 15.4 Å². The van der Waals surface area contributed by atoms with E-state index in [1.54, 1.807) is 26.0 Å². The molecule has 0 bridgehead atoms. The van der Waals surface area contributed by atoms with Gasteiger partial charge in [0.05, 0.1) is 7.11 Å². The smallest absolute Gasteiger partial charge is 0.247 e. The summed E-state index contributed by atoms with van der Waals surface area (Å²) in [5, 5.41) is 0. The number of para-hydroxylation sites is 1. The van der Waals surface area contributed by atoms with E-state index < -0.39 is 5.54 Å². The zero-order valence-corrected chi connectivity index (χ0v) is 16.4. The monoisotopic (exact) mass is 412 g/mol. The SMILES string of the molecule is COc1ccccc1CN(C)C(=O)C(C)(N)c1ccc(Br)cc1.Cl. The molecule has 24 heavy (non-hydrogen) atoms. The number of likely N-dealkylation sites (N-methyl/N-ethyl adjacent to an activating group) is 1. The van der Waals surface area contributed by atoms with Crippen molar-refractivity contribution in [1.82, 2.24) is 4.90 Å². The Morgan fingerprint density at radius 1 is 1.21 bits per heavy atom. The van der Waals surface area contributed by atoms with Crippen LogP contribution in [0.3, 0.4) is 0 Å². The fourth-order valence-electron chi connectivity index (χ4n) is 2.48. The molecule has 0 heterocycles. The number of carbonyl (C=O) groups excluding carboxylic acids is 1. The summed E-state index contributed by atoms with van der Waals surface area (Å²) < 4.78 is 6.29. The first kappa shape index (κ1) is 20.5. The van der Waals surface area contributed by atoms with Crippen LogP contribution < -0.4 is 10.5 Å². The third-order valence-corrected chi connectivity index (χ3v) is 4.36. The number of benzene rings is 2. The van der Waals surface area contributed by atoms with Gasteiger partial charge in [-0.25, -0.2) is 0 Å². The van der Waals surface area contributed by atoms with Crippen LogP contribution >= 0.6 is 28.3 Å². The number of ether oxygens (including phenoxy) is 1. The van der Waals surface area contributed by atoms with E-state index in [4.69, 9.17) is 10.5 Å². The van der Waals surface area contributed by atoms with Gasteiger partial charge >= 0.3 is 0 Å². The predicted molar refractivity (Wildman–Crippen MR) is 102 cm³/mol. The van der Waals surface area contributed by atoms with Gasteiger partial charge in [-0.3, -0.25) is 4.79 Å². The Morgan fingerprint density at radius 3 is 2.38 bits per heavy atom. The van der Waals surface area contributed by atoms with E-state index in [0.29, 0.717) is 6.54 Å². The molecule has 2 aromatic carbocycles. The van der Waals surface area contributed by atoms with E-state index in [0.717, 1.165) is 21.3 Å². The van der Waals surface area contributed by atoms with E-state index >= 15 is 0 Å². The molecule has 0 fully saturated rings. The lowest BCUT2D eigenvalue weighted by Gasteiger charge is -2.30. The molecule has 1 amide bonds. The maximum Gasteiger partial charge on any atom is 0.247 e. The summed E-state index contributed by atoms with van der Waals surface area (Å²) in [4.78, 5) is 14.4. The zero-order valence-electron chi connectivity index (χ0n) is 14.0. The highest BCUT2D eigenvalue weighted by molar-refractivity contribution is 9.10. The third-order valence-electron chi connectivity index (χ3n) is 3.83. The van der Waals surface area contributed by atoms with Crippen LogP contribution in [0.1, 0.15) is 18.1 Å². The molecule has 0 radical (unpaired) electrons. The molecule has 0 aliphatic carbocycles. The average molecular weight is 414 g/mol. The number of nitrogens with zero attached hydrogens (tertiary/aromatic N) is 1. The van der Waals surface area contributed by atoms with Crippen molar-refractivity contribution in [2.45, 2.75) is 19.0 Å². The van der Waals surface area contributed by atoms with Crippen LogP contribution in [0, 0.1) is 0 Å². The third kappa shape index (κ3) is 4.50. The average Bonchev–Trinajstić information content (AvgIpc) is 2.55. The number of methoxy groups -OCH3 is 1. The quantitative estimate of drug-likeness (QED) is 0.813. The number of amides is 1. The Labute approximate surface area is 157 Å². The minimum atomic E-state index is -1.09. The van der Waals surface area contributed by atoms with Crippen LogP contribution in [0.4, 0.5) is 0 Å². The fraction of sp³-hybridized carbons (Fsp3) is 0.278.